The molecule has 0 radical (unpaired) electrons. The number of anilines is 1. The van der Waals surface area contributed by atoms with E-state index in [-0.39, 0.29) is 0 Å². The maximum atomic E-state index is 8.64. The molecular formula is C11H15N5. The minimum absolute atomic E-state index is 0.368. The van der Waals surface area contributed by atoms with Crippen LogP contribution in [-0.2, 0) is 0 Å². The average molecular weight is 217 g/mol. The van der Waals surface area contributed by atoms with E-state index in [1.165, 1.54) is 6.20 Å². The van der Waals surface area contributed by atoms with Crippen LogP contribution in [-0.4, -0.2) is 48.1 Å². The van der Waals surface area contributed by atoms with Crippen molar-refractivity contribution in [2.75, 3.05) is 32.1 Å². The Hall–Kier alpha value is -1.67. The SMILES string of the molecule is CN(C)C1CCN(c2cnc(C#N)cn2)C1. The first-order valence-electron chi connectivity index (χ1n) is 5.34. The highest BCUT2D eigenvalue weighted by atomic mass is 15.3. The molecule has 0 saturated carbocycles. The number of nitrogens with zero attached hydrogens (tertiary/aromatic N) is 5. The summed E-state index contributed by atoms with van der Waals surface area (Å²) in [6, 6.07) is 2.55. The van der Waals surface area contributed by atoms with Crippen LogP contribution in [0.5, 0.6) is 0 Å². The molecule has 1 fully saturated rings. The van der Waals surface area contributed by atoms with Crippen molar-refractivity contribution in [2.45, 2.75) is 12.5 Å². The normalized spacial score (nSPS) is 20.1. The third-order valence-corrected chi connectivity index (χ3v) is 2.97. The Kier molecular flexibility index (Phi) is 3.02. The van der Waals surface area contributed by atoms with Gasteiger partial charge >= 0.3 is 0 Å². The molecule has 1 aliphatic rings. The largest absolute Gasteiger partial charge is 0.354 e. The fraction of sp³-hybridized carbons (Fsp3) is 0.545. The van der Waals surface area contributed by atoms with Gasteiger partial charge in [0, 0.05) is 19.1 Å². The smallest absolute Gasteiger partial charge is 0.158 e. The number of hydrogen-bond acceptors (Lipinski definition) is 5. The number of rotatable bonds is 2. The van der Waals surface area contributed by atoms with Crippen molar-refractivity contribution in [3.63, 3.8) is 0 Å². The standard InChI is InChI=1S/C11H15N5/c1-15(2)10-3-4-16(8-10)11-7-13-9(5-12)6-14-11/h6-7,10H,3-4,8H2,1-2H3. The van der Waals surface area contributed by atoms with Crippen molar-refractivity contribution in [3.8, 4) is 6.07 Å². The van der Waals surface area contributed by atoms with Gasteiger partial charge in [0.2, 0.25) is 0 Å². The lowest BCUT2D eigenvalue weighted by molar-refractivity contribution is 0.315. The predicted octanol–water partition coefficient (Wildman–Crippen LogP) is 0.489. The zero-order valence-corrected chi connectivity index (χ0v) is 9.59. The van der Waals surface area contributed by atoms with E-state index in [0.717, 1.165) is 25.3 Å². The van der Waals surface area contributed by atoms with E-state index in [1.807, 2.05) is 6.07 Å². The highest BCUT2D eigenvalue weighted by molar-refractivity contribution is 5.38. The average Bonchev–Trinajstić information content (AvgIpc) is 2.78. The zero-order chi connectivity index (χ0) is 11.5. The van der Waals surface area contributed by atoms with E-state index in [0.29, 0.717) is 11.7 Å². The van der Waals surface area contributed by atoms with Crippen LogP contribution in [0.15, 0.2) is 12.4 Å². The Bertz CT molecular complexity index is 392. The van der Waals surface area contributed by atoms with Crippen LogP contribution in [0.1, 0.15) is 12.1 Å². The summed E-state index contributed by atoms with van der Waals surface area (Å²) in [5, 5.41) is 8.64. The molecule has 0 aromatic carbocycles. The summed E-state index contributed by atoms with van der Waals surface area (Å²) in [5.41, 5.74) is 0.368. The van der Waals surface area contributed by atoms with E-state index in [4.69, 9.17) is 5.26 Å². The Morgan fingerprint density at radius 3 is 2.75 bits per heavy atom. The monoisotopic (exact) mass is 217 g/mol. The van der Waals surface area contributed by atoms with Gasteiger partial charge in [-0.25, -0.2) is 9.97 Å². The first-order valence-corrected chi connectivity index (χ1v) is 5.34. The van der Waals surface area contributed by atoms with Crippen LogP contribution >= 0.6 is 0 Å². The van der Waals surface area contributed by atoms with Gasteiger partial charge in [0.25, 0.3) is 0 Å². The van der Waals surface area contributed by atoms with Crippen molar-refractivity contribution < 1.29 is 0 Å². The maximum absolute atomic E-state index is 8.64. The van der Waals surface area contributed by atoms with Crippen LogP contribution < -0.4 is 4.90 Å². The molecule has 0 bridgehead atoms. The minimum atomic E-state index is 0.368. The lowest BCUT2D eigenvalue weighted by atomic mass is 10.2. The highest BCUT2D eigenvalue weighted by Gasteiger charge is 2.24. The summed E-state index contributed by atoms with van der Waals surface area (Å²) in [5.74, 6) is 0.864. The summed E-state index contributed by atoms with van der Waals surface area (Å²) in [7, 11) is 4.19. The Morgan fingerprint density at radius 2 is 2.25 bits per heavy atom. The van der Waals surface area contributed by atoms with Gasteiger partial charge in [-0.2, -0.15) is 5.26 Å². The van der Waals surface area contributed by atoms with Gasteiger partial charge in [0.05, 0.1) is 12.4 Å². The molecular weight excluding hydrogens is 202 g/mol. The molecule has 1 aromatic heterocycles. The van der Waals surface area contributed by atoms with Crippen molar-refractivity contribution >= 4 is 5.82 Å². The van der Waals surface area contributed by atoms with Crippen molar-refractivity contribution in [3.05, 3.63) is 18.1 Å². The summed E-state index contributed by atoms with van der Waals surface area (Å²) < 4.78 is 0. The number of hydrogen-bond donors (Lipinski definition) is 0. The minimum Gasteiger partial charge on any atom is -0.354 e. The second kappa shape index (κ2) is 4.45. The molecule has 0 N–H and O–H groups in total. The van der Waals surface area contributed by atoms with Crippen molar-refractivity contribution in [1.82, 2.24) is 14.9 Å². The third-order valence-electron chi connectivity index (χ3n) is 2.97. The van der Waals surface area contributed by atoms with Gasteiger partial charge in [-0.3, -0.25) is 0 Å². The molecule has 5 heteroatoms. The Balaban J connectivity index is 2.06. The van der Waals surface area contributed by atoms with Crippen LogP contribution in [0.2, 0.25) is 0 Å². The molecule has 1 unspecified atom stereocenters. The zero-order valence-electron chi connectivity index (χ0n) is 9.59. The molecule has 5 nitrogen and oxygen atoms in total. The van der Waals surface area contributed by atoms with E-state index in [9.17, 15) is 0 Å². The van der Waals surface area contributed by atoms with Crippen LogP contribution in [0.3, 0.4) is 0 Å². The number of likely N-dealkylation sites (N-methyl/N-ethyl adjacent to an activating group) is 1. The van der Waals surface area contributed by atoms with Gasteiger partial charge in [-0.15, -0.1) is 0 Å². The number of aromatic nitrogens is 2. The maximum Gasteiger partial charge on any atom is 0.158 e. The lowest BCUT2D eigenvalue weighted by Gasteiger charge is -2.20. The summed E-state index contributed by atoms with van der Waals surface area (Å²) in [6.07, 6.45) is 4.35. The molecule has 1 aromatic rings. The fourth-order valence-corrected chi connectivity index (χ4v) is 1.91. The Morgan fingerprint density at radius 1 is 1.44 bits per heavy atom. The molecule has 1 saturated heterocycles. The Labute approximate surface area is 95.3 Å². The van der Waals surface area contributed by atoms with Gasteiger partial charge in [0.1, 0.15) is 11.9 Å². The molecule has 84 valence electrons. The summed E-state index contributed by atoms with van der Waals surface area (Å²) in [6.45, 7) is 1.98. The molecule has 0 spiro atoms. The number of nitriles is 1. The van der Waals surface area contributed by atoms with E-state index < -0.39 is 0 Å². The van der Waals surface area contributed by atoms with E-state index in [1.54, 1.807) is 6.20 Å². The molecule has 2 rings (SSSR count). The molecule has 16 heavy (non-hydrogen) atoms. The fourth-order valence-electron chi connectivity index (χ4n) is 1.91. The van der Waals surface area contributed by atoms with Crippen LogP contribution in [0, 0.1) is 11.3 Å². The van der Waals surface area contributed by atoms with Crippen LogP contribution in [0.25, 0.3) is 0 Å². The molecule has 0 aliphatic carbocycles. The van der Waals surface area contributed by atoms with Gasteiger partial charge in [-0.1, -0.05) is 0 Å². The van der Waals surface area contributed by atoms with Gasteiger partial charge in [-0.05, 0) is 20.5 Å². The summed E-state index contributed by atoms with van der Waals surface area (Å²) in [4.78, 5) is 12.7. The third kappa shape index (κ3) is 2.12. The van der Waals surface area contributed by atoms with E-state index >= 15 is 0 Å². The van der Waals surface area contributed by atoms with Crippen LogP contribution in [0.4, 0.5) is 5.82 Å². The first kappa shape index (κ1) is 10.8. The molecule has 1 atom stereocenters. The molecule has 2 heterocycles. The predicted molar refractivity (Wildman–Crippen MR) is 61.1 cm³/mol. The second-order valence-electron chi connectivity index (χ2n) is 4.22. The second-order valence-corrected chi connectivity index (χ2v) is 4.22. The highest BCUT2D eigenvalue weighted by Crippen LogP contribution is 2.19. The van der Waals surface area contributed by atoms with Crippen molar-refractivity contribution in [1.29, 1.82) is 5.26 Å². The molecule has 1 aliphatic heterocycles. The van der Waals surface area contributed by atoms with Gasteiger partial charge in [0.15, 0.2) is 5.69 Å². The van der Waals surface area contributed by atoms with Crippen molar-refractivity contribution in [2.24, 2.45) is 0 Å². The van der Waals surface area contributed by atoms with E-state index in [2.05, 4.69) is 33.9 Å². The summed E-state index contributed by atoms with van der Waals surface area (Å²) >= 11 is 0. The first-order chi connectivity index (χ1) is 7.70. The quantitative estimate of drug-likeness (QED) is 0.721. The molecule has 0 amide bonds. The topological polar surface area (TPSA) is 56.0 Å². The van der Waals surface area contributed by atoms with Gasteiger partial charge < -0.3 is 9.80 Å². The lowest BCUT2D eigenvalue weighted by Crippen LogP contribution is -2.31.